The summed E-state index contributed by atoms with van der Waals surface area (Å²) in [7, 11) is -16.0. The van der Waals surface area contributed by atoms with Crippen molar-refractivity contribution in [3.63, 3.8) is 0 Å². The van der Waals surface area contributed by atoms with Crippen LogP contribution in [0.5, 0.6) is 0 Å². The molecule has 0 aliphatic rings. The van der Waals surface area contributed by atoms with Gasteiger partial charge < -0.3 is 65.7 Å². The SMILES string of the molecule is NNc1ccccc1.OB(O)F.OB(O)F.OB(O)F.OB(O)F.OB(O)F.OB(O)F. The lowest BCUT2D eigenvalue weighted by molar-refractivity contribution is 0.338. The number of benzene rings is 1. The molecule has 0 saturated carbocycles. The minimum atomic E-state index is -2.67. The van der Waals surface area contributed by atoms with E-state index in [-0.39, 0.29) is 0 Å². The summed E-state index contributed by atoms with van der Waals surface area (Å²) in [6.07, 6.45) is 0. The summed E-state index contributed by atoms with van der Waals surface area (Å²) in [5, 5.41) is 83.3. The molecule has 0 aliphatic carbocycles. The molecule has 0 amide bonds. The van der Waals surface area contributed by atoms with Crippen molar-refractivity contribution in [3.8, 4) is 0 Å². The normalized spacial score (nSPS) is 7.22. The van der Waals surface area contributed by atoms with Crippen LogP contribution in [0.1, 0.15) is 0 Å². The number of halogens is 6. The average molecular weight is 491 g/mol. The zero-order valence-corrected chi connectivity index (χ0v) is 15.6. The fourth-order valence-corrected chi connectivity index (χ4v) is 0.534. The van der Waals surface area contributed by atoms with Crippen LogP contribution in [0.3, 0.4) is 0 Å². The molecule has 0 aliphatic heterocycles. The predicted octanol–water partition coefficient (Wildman–Crippen LogP) is -5.48. The van der Waals surface area contributed by atoms with Gasteiger partial charge >= 0.3 is 44.4 Å². The fourth-order valence-electron chi connectivity index (χ4n) is 0.534. The van der Waals surface area contributed by atoms with Crippen LogP contribution in [-0.2, 0) is 0 Å². The van der Waals surface area contributed by atoms with E-state index in [1.807, 2.05) is 30.3 Å². The minimum Gasteiger partial charge on any atom is -0.398 e. The van der Waals surface area contributed by atoms with Crippen molar-refractivity contribution < 1.29 is 86.2 Å². The number of nitrogens with one attached hydrogen (secondary N) is 1. The van der Waals surface area contributed by atoms with Crippen LogP contribution < -0.4 is 11.3 Å². The van der Waals surface area contributed by atoms with E-state index >= 15 is 0 Å². The molecular formula is C6H20B6F6N2O12. The molecule has 0 saturated heterocycles. The van der Waals surface area contributed by atoms with Crippen LogP contribution >= 0.6 is 0 Å². The molecule has 0 fully saturated rings. The Morgan fingerprint density at radius 2 is 0.625 bits per heavy atom. The van der Waals surface area contributed by atoms with E-state index < -0.39 is 44.4 Å². The Labute approximate surface area is 179 Å². The maximum Gasteiger partial charge on any atom is 0.674 e. The van der Waals surface area contributed by atoms with Crippen molar-refractivity contribution in [3.05, 3.63) is 30.3 Å². The monoisotopic (exact) mass is 492 g/mol. The van der Waals surface area contributed by atoms with Gasteiger partial charge in [0.2, 0.25) is 0 Å². The van der Waals surface area contributed by atoms with Gasteiger partial charge in [-0.15, -0.1) is 0 Å². The van der Waals surface area contributed by atoms with E-state index in [4.69, 9.17) is 66.1 Å². The van der Waals surface area contributed by atoms with E-state index in [9.17, 15) is 25.9 Å². The highest BCUT2D eigenvalue weighted by Crippen LogP contribution is 2.00. The molecule has 15 N–H and O–H groups in total. The topological polar surface area (TPSA) is 281 Å². The first kappa shape index (κ1) is 44.2. The van der Waals surface area contributed by atoms with Gasteiger partial charge in [-0.3, -0.25) is 31.7 Å². The van der Waals surface area contributed by atoms with Crippen LogP contribution in [0.25, 0.3) is 0 Å². The summed E-state index contributed by atoms with van der Waals surface area (Å²) in [6.45, 7) is 0. The highest BCUT2D eigenvalue weighted by atomic mass is 19.1. The number of hydrogen-bond acceptors (Lipinski definition) is 14. The lowest BCUT2D eigenvalue weighted by atomic mass is 10.3. The van der Waals surface area contributed by atoms with Crippen molar-refractivity contribution in [2.24, 2.45) is 5.84 Å². The van der Waals surface area contributed by atoms with Gasteiger partial charge in [-0.2, -0.15) is 0 Å². The Morgan fingerprint density at radius 3 is 0.719 bits per heavy atom. The molecule has 0 heterocycles. The van der Waals surface area contributed by atoms with E-state index in [1.54, 1.807) is 0 Å². The lowest BCUT2D eigenvalue weighted by Crippen LogP contribution is -2.05. The second-order valence-electron chi connectivity index (χ2n) is 3.37. The average Bonchev–Trinajstić information content (AvgIpc) is 2.52. The molecule has 0 unspecified atom stereocenters. The minimum absolute atomic E-state index is 0.938. The van der Waals surface area contributed by atoms with E-state index in [2.05, 4.69) is 5.43 Å². The molecule has 0 bridgehead atoms. The molecule has 186 valence electrons. The molecule has 26 heteroatoms. The third kappa shape index (κ3) is 299. The number of rotatable bonds is 1. The number of anilines is 1. The van der Waals surface area contributed by atoms with Gasteiger partial charge in [-0.05, 0) is 12.1 Å². The molecule has 0 spiro atoms. The van der Waals surface area contributed by atoms with Gasteiger partial charge in [0, 0.05) is 5.69 Å². The van der Waals surface area contributed by atoms with Gasteiger partial charge in [-0.25, -0.2) is 0 Å². The summed E-state index contributed by atoms with van der Waals surface area (Å²) in [4.78, 5) is 0. The Kier molecular flexibility index (Phi) is 50.9. The molecule has 32 heavy (non-hydrogen) atoms. The van der Waals surface area contributed by atoms with E-state index in [0.717, 1.165) is 5.69 Å². The highest BCUT2D eigenvalue weighted by Gasteiger charge is 1.99. The summed E-state index contributed by atoms with van der Waals surface area (Å²) < 4.78 is 60.7. The molecule has 0 radical (unpaired) electrons. The van der Waals surface area contributed by atoms with Crippen molar-refractivity contribution in [1.29, 1.82) is 0 Å². The van der Waals surface area contributed by atoms with Crippen LogP contribution in [0, 0.1) is 0 Å². The van der Waals surface area contributed by atoms with Gasteiger partial charge in [0.1, 0.15) is 0 Å². The zero-order valence-electron chi connectivity index (χ0n) is 15.6. The Bertz CT molecular complexity index is 360. The third-order valence-electron chi connectivity index (χ3n) is 0.940. The van der Waals surface area contributed by atoms with Crippen LogP contribution in [0.2, 0.25) is 0 Å². The first-order valence-electron chi connectivity index (χ1n) is 6.86. The summed E-state index contributed by atoms with van der Waals surface area (Å²) in [5.74, 6) is 5.10. The molecule has 0 aromatic heterocycles. The van der Waals surface area contributed by atoms with E-state index in [1.165, 1.54) is 0 Å². The molecule has 1 aromatic rings. The Balaban J connectivity index is -0.0000000635. The first-order chi connectivity index (χ1) is 14.3. The first-order valence-corrected chi connectivity index (χ1v) is 6.86. The van der Waals surface area contributed by atoms with Crippen molar-refractivity contribution in [2.45, 2.75) is 0 Å². The summed E-state index contributed by atoms with van der Waals surface area (Å²) in [5.41, 5.74) is 3.46. The maximum atomic E-state index is 10.1. The lowest BCUT2D eigenvalue weighted by Gasteiger charge is -1.94. The van der Waals surface area contributed by atoms with Gasteiger partial charge in [0.15, 0.2) is 0 Å². The van der Waals surface area contributed by atoms with Gasteiger partial charge in [0.05, 0.1) is 0 Å². The quantitative estimate of drug-likeness (QED) is 0.0756. The highest BCUT2D eigenvalue weighted by molar-refractivity contribution is 6.32. The maximum absolute atomic E-state index is 10.1. The van der Waals surface area contributed by atoms with Gasteiger partial charge in [0.25, 0.3) is 0 Å². The number of nitrogen functional groups attached to an aromatic ring is 1. The second-order valence-corrected chi connectivity index (χ2v) is 3.37. The van der Waals surface area contributed by atoms with Crippen LogP contribution in [0.4, 0.5) is 31.6 Å². The third-order valence-corrected chi connectivity index (χ3v) is 0.940. The standard InChI is InChI=1S/C6H8N2.6BFH2O2/c7-8-6-4-2-1-3-5-6;6*2-1(3)4/h1-5,8H,7H2;6*3-4H. The van der Waals surface area contributed by atoms with Gasteiger partial charge in [-0.1, -0.05) is 18.2 Å². The largest absolute Gasteiger partial charge is 0.674 e. The van der Waals surface area contributed by atoms with Crippen molar-refractivity contribution in [1.82, 2.24) is 0 Å². The molecule has 0 atom stereocenters. The van der Waals surface area contributed by atoms with Crippen molar-refractivity contribution >= 4 is 50.1 Å². The van der Waals surface area contributed by atoms with Crippen LogP contribution in [0.15, 0.2) is 30.3 Å². The zero-order chi connectivity index (χ0) is 27.3. The number of nitrogens with two attached hydrogens (primary N) is 1. The summed E-state index contributed by atoms with van der Waals surface area (Å²) in [6, 6.07) is 9.60. The Morgan fingerprint density at radius 1 is 0.469 bits per heavy atom. The van der Waals surface area contributed by atoms with E-state index in [0.29, 0.717) is 0 Å². The number of para-hydroxylation sites is 1. The summed E-state index contributed by atoms with van der Waals surface area (Å²) >= 11 is 0. The fraction of sp³-hybridized carbons (Fsp3) is 0. The van der Waals surface area contributed by atoms with Crippen molar-refractivity contribution in [2.75, 3.05) is 5.43 Å². The smallest absolute Gasteiger partial charge is 0.398 e. The second kappa shape index (κ2) is 36.8. The molecule has 14 nitrogen and oxygen atoms in total. The van der Waals surface area contributed by atoms with Crippen LogP contribution in [-0.4, -0.2) is 105 Å². The Hall–Kier alpha value is -1.53. The molecule has 1 aromatic carbocycles. The molecule has 1 rings (SSSR count). The number of hydrogen-bond donors (Lipinski definition) is 14. The molecular weight excluding hydrogens is 471 g/mol. The number of hydrazine groups is 1. The predicted molar refractivity (Wildman–Crippen MR) is 102 cm³/mol.